The van der Waals surface area contributed by atoms with Gasteiger partial charge in [-0.2, -0.15) is 0 Å². The average Bonchev–Trinajstić information content (AvgIpc) is 2.94. The van der Waals surface area contributed by atoms with E-state index in [4.69, 9.17) is 16.3 Å². The van der Waals surface area contributed by atoms with Crippen molar-refractivity contribution in [3.63, 3.8) is 0 Å². The maximum atomic E-state index is 13.8. The maximum Gasteiger partial charge on any atom is 0.328 e. The Kier molecular flexibility index (Phi) is 8.80. The lowest BCUT2D eigenvalue weighted by Crippen LogP contribution is -2.46. The summed E-state index contributed by atoms with van der Waals surface area (Å²) in [6, 6.07) is 34.4. The third-order valence-corrected chi connectivity index (χ3v) is 7.49. The van der Waals surface area contributed by atoms with Gasteiger partial charge in [0.15, 0.2) is 0 Å². The lowest BCUT2D eigenvalue weighted by Gasteiger charge is -2.36. The van der Waals surface area contributed by atoms with E-state index in [1.165, 1.54) is 7.11 Å². The molecule has 0 saturated carbocycles. The van der Waals surface area contributed by atoms with Crippen molar-refractivity contribution < 1.29 is 14.3 Å². The summed E-state index contributed by atoms with van der Waals surface area (Å²) >= 11 is 9.70. The zero-order valence-electron chi connectivity index (χ0n) is 20.4. The Morgan fingerprint density at radius 2 is 1.32 bits per heavy atom. The number of rotatable bonds is 9. The molecule has 0 bridgehead atoms. The van der Waals surface area contributed by atoms with Gasteiger partial charge >= 0.3 is 5.97 Å². The molecule has 0 heterocycles. The third kappa shape index (κ3) is 6.12. The van der Waals surface area contributed by atoms with Crippen LogP contribution in [-0.4, -0.2) is 25.0 Å². The molecule has 4 aromatic rings. The van der Waals surface area contributed by atoms with Gasteiger partial charge in [0.05, 0.1) is 12.5 Å². The first-order valence-corrected chi connectivity index (χ1v) is 13.1. The van der Waals surface area contributed by atoms with Crippen molar-refractivity contribution in [1.82, 2.24) is 5.32 Å². The largest absolute Gasteiger partial charge is 0.467 e. The number of carbonyl (C=O) groups is 2. The Bertz CT molecular complexity index is 1250. The standard InChI is InChI=1S/C31H27BrClNO3/c1-37-30(36)28(20-22-19-26(33)17-18-27(22)32)34-29(35)21-31(23-11-5-2-6-12-23,24-13-7-3-8-14-24)25-15-9-4-10-16-25/h2-19,28H,20-21H2,1H3,(H,34,35)/t28-/m0/s1. The van der Waals surface area contributed by atoms with Crippen molar-refractivity contribution in [2.24, 2.45) is 0 Å². The van der Waals surface area contributed by atoms with Crippen LogP contribution in [0.4, 0.5) is 0 Å². The lowest BCUT2D eigenvalue weighted by molar-refractivity contribution is -0.145. The number of halogens is 2. The fourth-order valence-corrected chi connectivity index (χ4v) is 5.32. The van der Waals surface area contributed by atoms with Crippen LogP contribution in [0.1, 0.15) is 28.7 Å². The highest BCUT2D eigenvalue weighted by molar-refractivity contribution is 9.10. The predicted molar refractivity (Wildman–Crippen MR) is 151 cm³/mol. The van der Waals surface area contributed by atoms with Crippen LogP contribution in [0.2, 0.25) is 5.02 Å². The van der Waals surface area contributed by atoms with Gasteiger partial charge in [-0.15, -0.1) is 0 Å². The molecule has 0 fully saturated rings. The Balaban J connectivity index is 1.74. The quantitative estimate of drug-likeness (QED) is 0.178. The molecular formula is C31H27BrClNO3. The Labute approximate surface area is 230 Å². The molecule has 0 radical (unpaired) electrons. The number of esters is 1. The smallest absolute Gasteiger partial charge is 0.328 e. The minimum atomic E-state index is -0.882. The Morgan fingerprint density at radius 1 is 0.838 bits per heavy atom. The third-order valence-electron chi connectivity index (χ3n) is 6.48. The molecule has 1 N–H and O–H groups in total. The summed E-state index contributed by atoms with van der Waals surface area (Å²) in [6.45, 7) is 0. The molecule has 0 unspecified atom stereocenters. The summed E-state index contributed by atoms with van der Waals surface area (Å²) < 4.78 is 5.84. The Morgan fingerprint density at radius 3 is 1.78 bits per heavy atom. The summed E-state index contributed by atoms with van der Waals surface area (Å²) in [5.41, 5.74) is 2.97. The number of ether oxygens (including phenoxy) is 1. The van der Waals surface area contributed by atoms with Gasteiger partial charge in [0.1, 0.15) is 6.04 Å². The highest BCUT2D eigenvalue weighted by Gasteiger charge is 2.39. The average molecular weight is 577 g/mol. The second-order valence-corrected chi connectivity index (χ2v) is 10.1. The van der Waals surface area contributed by atoms with Gasteiger partial charge in [-0.05, 0) is 40.5 Å². The van der Waals surface area contributed by atoms with E-state index in [2.05, 4.69) is 21.2 Å². The molecule has 0 aromatic heterocycles. The van der Waals surface area contributed by atoms with Gasteiger partial charge in [-0.3, -0.25) is 4.79 Å². The maximum absolute atomic E-state index is 13.8. The first-order chi connectivity index (χ1) is 17.9. The van der Waals surface area contributed by atoms with Gasteiger partial charge < -0.3 is 10.1 Å². The van der Waals surface area contributed by atoms with E-state index in [1.807, 2.05) is 97.1 Å². The molecule has 0 spiro atoms. The van der Waals surface area contributed by atoms with Crippen molar-refractivity contribution in [3.05, 3.63) is 141 Å². The van der Waals surface area contributed by atoms with E-state index in [1.54, 1.807) is 12.1 Å². The number of methoxy groups -OCH3 is 1. The molecular weight excluding hydrogens is 550 g/mol. The molecule has 37 heavy (non-hydrogen) atoms. The molecule has 0 aliphatic heterocycles. The first kappa shape index (κ1) is 26.6. The van der Waals surface area contributed by atoms with Crippen LogP contribution < -0.4 is 5.32 Å². The number of amides is 1. The molecule has 4 nitrogen and oxygen atoms in total. The van der Waals surface area contributed by atoms with Crippen LogP contribution in [0, 0.1) is 0 Å². The second kappa shape index (κ2) is 12.2. The molecule has 188 valence electrons. The number of hydrogen-bond donors (Lipinski definition) is 1. The van der Waals surface area contributed by atoms with Gasteiger partial charge in [0, 0.05) is 22.3 Å². The summed E-state index contributed by atoms with van der Waals surface area (Å²) in [5.74, 6) is -0.796. The molecule has 1 amide bonds. The molecule has 0 aliphatic rings. The van der Waals surface area contributed by atoms with Crippen LogP contribution >= 0.6 is 27.5 Å². The minimum absolute atomic E-state index is 0.0925. The molecule has 4 aromatic carbocycles. The van der Waals surface area contributed by atoms with Gasteiger partial charge in [-0.1, -0.05) is 119 Å². The first-order valence-electron chi connectivity index (χ1n) is 11.9. The monoisotopic (exact) mass is 575 g/mol. The zero-order chi connectivity index (χ0) is 26.3. The van der Waals surface area contributed by atoms with E-state index in [0.29, 0.717) is 5.02 Å². The summed E-state index contributed by atoms with van der Waals surface area (Å²) in [7, 11) is 1.32. The number of nitrogens with one attached hydrogen (secondary N) is 1. The van der Waals surface area contributed by atoms with Crippen molar-refractivity contribution in [3.8, 4) is 0 Å². The fourth-order valence-electron chi connectivity index (χ4n) is 4.72. The summed E-state index contributed by atoms with van der Waals surface area (Å²) in [6.07, 6.45) is 0.323. The molecule has 1 atom stereocenters. The van der Waals surface area contributed by atoms with E-state index in [9.17, 15) is 9.59 Å². The number of carbonyl (C=O) groups excluding carboxylic acids is 2. The van der Waals surface area contributed by atoms with Crippen LogP contribution in [-0.2, 0) is 26.2 Å². The number of benzene rings is 4. The van der Waals surface area contributed by atoms with Crippen molar-refractivity contribution >= 4 is 39.4 Å². The molecule has 6 heteroatoms. The lowest BCUT2D eigenvalue weighted by atomic mass is 9.67. The van der Waals surface area contributed by atoms with Gasteiger partial charge in [0.2, 0.25) is 5.91 Å². The van der Waals surface area contributed by atoms with Crippen LogP contribution in [0.5, 0.6) is 0 Å². The second-order valence-electron chi connectivity index (χ2n) is 8.76. The van der Waals surface area contributed by atoms with Crippen LogP contribution in [0.15, 0.2) is 114 Å². The fraction of sp³-hybridized carbons (Fsp3) is 0.161. The molecule has 4 rings (SSSR count). The highest BCUT2D eigenvalue weighted by atomic mass is 79.9. The normalized spacial score (nSPS) is 12.0. The predicted octanol–water partition coefficient (Wildman–Crippen LogP) is 6.73. The van der Waals surface area contributed by atoms with E-state index < -0.39 is 17.4 Å². The molecule has 0 aliphatic carbocycles. The zero-order valence-corrected chi connectivity index (χ0v) is 22.7. The topological polar surface area (TPSA) is 55.4 Å². The van der Waals surface area contributed by atoms with Crippen molar-refractivity contribution in [2.45, 2.75) is 24.3 Å². The van der Waals surface area contributed by atoms with Crippen molar-refractivity contribution in [2.75, 3.05) is 7.11 Å². The number of hydrogen-bond acceptors (Lipinski definition) is 3. The van der Waals surface area contributed by atoms with E-state index >= 15 is 0 Å². The van der Waals surface area contributed by atoms with Crippen LogP contribution in [0.3, 0.4) is 0 Å². The minimum Gasteiger partial charge on any atom is -0.467 e. The highest BCUT2D eigenvalue weighted by Crippen LogP contribution is 2.42. The van der Waals surface area contributed by atoms with E-state index in [-0.39, 0.29) is 18.7 Å². The van der Waals surface area contributed by atoms with E-state index in [0.717, 1.165) is 26.7 Å². The van der Waals surface area contributed by atoms with Crippen LogP contribution in [0.25, 0.3) is 0 Å². The van der Waals surface area contributed by atoms with Gasteiger partial charge in [0.25, 0.3) is 0 Å². The SMILES string of the molecule is COC(=O)[C@H](Cc1cc(Cl)ccc1Br)NC(=O)CC(c1ccccc1)(c1ccccc1)c1ccccc1. The van der Waals surface area contributed by atoms with Crippen molar-refractivity contribution in [1.29, 1.82) is 0 Å². The summed E-state index contributed by atoms with van der Waals surface area (Å²) in [5, 5.41) is 3.50. The van der Waals surface area contributed by atoms with Gasteiger partial charge in [-0.25, -0.2) is 4.79 Å². The Hall–Kier alpha value is -3.41. The summed E-state index contributed by atoms with van der Waals surface area (Å²) in [4.78, 5) is 26.5. The molecule has 0 saturated heterocycles.